The highest BCUT2D eigenvalue weighted by molar-refractivity contribution is 5.32. The maximum atomic E-state index is 10.2. The first-order valence-electron chi connectivity index (χ1n) is 5.61. The lowest BCUT2D eigenvalue weighted by Crippen LogP contribution is -2.23. The van der Waals surface area contributed by atoms with Gasteiger partial charge in [-0.25, -0.2) is 0 Å². The number of aryl methyl sites for hydroxylation is 2. The standard InChI is InChI=1S/C14H19NO/c1-5-14(4,9-15)13(16)12-7-6-10(2)11(3)8-12/h6-8,13,16H,5H2,1-4H3. The summed E-state index contributed by atoms with van der Waals surface area (Å²) in [4.78, 5) is 0. The van der Waals surface area contributed by atoms with Crippen LogP contribution in [0.15, 0.2) is 18.2 Å². The summed E-state index contributed by atoms with van der Waals surface area (Å²) < 4.78 is 0. The third-order valence-electron chi connectivity index (χ3n) is 3.44. The van der Waals surface area contributed by atoms with E-state index in [-0.39, 0.29) is 0 Å². The molecular formula is C14H19NO. The van der Waals surface area contributed by atoms with Crippen LogP contribution in [0.2, 0.25) is 0 Å². The molecule has 1 aromatic carbocycles. The fourth-order valence-electron chi connectivity index (χ4n) is 1.64. The topological polar surface area (TPSA) is 44.0 Å². The van der Waals surface area contributed by atoms with E-state index in [9.17, 15) is 5.11 Å². The van der Waals surface area contributed by atoms with Crippen LogP contribution in [0.5, 0.6) is 0 Å². The van der Waals surface area contributed by atoms with Crippen LogP contribution in [-0.2, 0) is 0 Å². The minimum absolute atomic E-state index is 0.636. The number of nitriles is 1. The van der Waals surface area contributed by atoms with Gasteiger partial charge in [0, 0.05) is 0 Å². The lowest BCUT2D eigenvalue weighted by molar-refractivity contribution is 0.0722. The highest BCUT2D eigenvalue weighted by atomic mass is 16.3. The van der Waals surface area contributed by atoms with E-state index in [1.165, 1.54) is 5.56 Å². The zero-order chi connectivity index (χ0) is 12.3. The number of aliphatic hydroxyl groups excluding tert-OH is 1. The zero-order valence-electron chi connectivity index (χ0n) is 10.4. The Morgan fingerprint density at radius 1 is 1.38 bits per heavy atom. The minimum atomic E-state index is -0.721. The number of hydrogen-bond acceptors (Lipinski definition) is 2. The largest absolute Gasteiger partial charge is 0.387 e. The van der Waals surface area contributed by atoms with Crippen molar-refractivity contribution in [3.63, 3.8) is 0 Å². The van der Waals surface area contributed by atoms with Gasteiger partial charge in [-0.15, -0.1) is 0 Å². The van der Waals surface area contributed by atoms with Gasteiger partial charge in [-0.3, -0.25) is 0 Å². The Morgan fingerprint density at radius 3 is 2.44 bits per heavy atom. The average molecular weight is 217 g/mol. The summed E-state index contributed by atoms with van der Waals surface area (Å²) in [7, 11) is 0. The van der Waals surface area contributed by atoms with Gasteiger partial charge >= 0.3 is 0 Å². The van der Waals surface area contributed by atoms with Gasteiger partial charge in [0.2, 0.25) is 0 Å². The van der Waals surface area contributed by atoms with E-state index in [1.807, 2.05) is 39.0 Å². The molecular weight excluding hydrogens is 198 g/mol. The van der Waals surface area contributed by atoms with Gasteiger partial charge in [0.05, 0.1) is 17.6 Å². The Morgan fingerprint density at radius 2 is 2.00 bits per heavy atom. The Bertz CT molecular complexity index is 419. The number of nitrogens with zero attached hydrogens (tertiary/aromatic N) is 1. The molecule has 86 valence electrons. The molecule has 0 aliphatic carbocycles. The lowest BCUT2D eigenvalue weighted by Gasteiger charge is -2.26. The van der Waals surface area contributed by atoms with Crippen LogP contribution in [0.25, 0.3) is 0 Å². The summed E-state index contributed by atoms with van der Waals surface area (Å²) in [5.74, 6) is 0. The molecule has 2 nitrogen and oxygen atoms in total. The van der Waals surface area contributed by atoms with Crippen molar-refractivity contribution in [2.45, 2.75) is 40.2 Å². The molecule has 16 heavy (non-hydrogen) atoms. The first-order valence-corrected chi connectivity index (χ1v) is 5.61. The van der Waals surface area contributed by atoms with Crippen molar-refractivity contribution in [2.75, 3.05) is 0 Å². The number of rotatable bonds is 3. The van der Waals surface area contributed by atoms with E-state index < -0.39 is 11.5 Å². The Labute approximate surface area is 97.5 Å². The molecule has 0 aliphatic heterocycles. The van der Waals surface area contributed by atoms with Crippen LogP contribution in [-0.4, -0.2) is 5.11 Å². The van der Waals surface area contributed by atoms with E-state index in [0.717, 1.165) is 11.1 Å². The fourth-order valence-corrected chi connectivity index (χ4v) is 1.64. The monoisotopic (exact) mass is 217 g/mol. The van der Waals surface area contributed by atoms with Crippen molar-refractivity contribution >= 4 is 0 Å². The summed E-state index contributed by atoms with van der Waals surface area (Å²) >= 11 is 0. The number of hydrogen-bond donors (Lipinski definition) is 1. The van der Waals surface area contributed by atoms with Crippen LogP contribution in [0.4, 0.5) is 0 Å². The Hall–Kier alpha value is -1.33. The van der Waals surface area contributed by atoms with Crippen molar-refractivity contribution < 1.29 is 5.11 Å². The van der Waals surface area contributed by atoms with Gasteiger partial charge in [-0.2, -0.15) is 5.26 Å². The van der Waals surface area contributed by atoms with Crippen LogP contribution in [0, 0.1) is 30.6 Å². The maximum Gasteiger partial charge on any atom is 0.0973 e. The molecule has 0 radical (unpaired) electrons. The molecule has 0 heterocycles. The van der Waals surface area contributed by atoms with Crippen molar-refractivity contribution in [3.05, 3.63) is 34.9 Å². The number of benzene rings is 1. The second-order valence-electron chi connectivity index (χ2n) is 4.63. The Kier molecular flexibility index (Phi) is 3.72. The van der Waals surface area contributed by atoms with Gasteiger partial charge in [-0.1, -0.05) is 25.1 Å². The molecule has 0 fully saturated rings. The van der Waals surface area contributed by atoms with E-state index >= 15 is 0 Å². The third-order valence-corrected chi connectivity index (χ3v) is 3.44. The SMILES string of the molecule is CCC(C)(C#N)C(O)c1ccc(C)c(C)c1. The van der Waals surface area contributed by atoms with Crippen molar-refractivity contribution in [2.24, 2.45) is 5.41 Å². The van der Waals surface area contributed by atoms with E-state index in [1.54, 1.807) is 6.92 Å². The van der Waals surface area contributed by atoms with Crippen LogP contribution in [0.3, 0.4) is 0 Å². The molecule has 0 amide bonds. The summed E-state index contributed by atoms with van der Waals surface area (Å²) in [6.07, 6.45) is -0.0841. The molecule has 0 saturated carbocycles. The maximum absolute atomic E-state index is 10.2. The van der Waals surface area contributed by atoms with Crippen molar-refractivity contribution in [1.82, 2.24) is 0 Å². The lowest BCUT2D eigenvalue weighted by atomic mass is 9.79. The highest BCUT2D eigenvalue weighted by Gasteiger charge is 2.32. The van der Waals surface area contributed by atoms with E-state index in [2.05, 4.69) is 6.07 Å². The molecule has 0 aromatic heterocycles. The molecule has 1 rings (SSSR count). The predicted octanol–water partition coefficient (Wildman–Crippen LogP) is 3.28. The molecule has 0 aliphatic rings. The third kappa shape index (κ3) is 2.25. The van der Waals surface area contributed by atoms with Gasteiger partial charge in [0.25, 0.3) is 0 Å². The Balaban J connectivity index is 3.10. The number of aliphatic hydroxyl groups is 1. The molecule has 0 saturated heterocycles. The molecule has 2 unspecified atom stereocenters. The molecule has 2 heteroatoms. The second-order valence-corrected chi connectivity index (χ2v) is 4.63. The quantitative estimate of drug-likeness (QED) is 0.844. The molecule has 1 N–H and O–H groups in total. The van der Waals surface area contributed by atoms with E-state index in [4.69, 9.17) is 5.26 Å². The zero-order valence-corrected chi connectivity index (χ0v) is 10.4. The molecule has 0 bridgehead atoms. The first kappa shape index (κ1) is 12.7. The van der Waals surface area contributed by atoms with Crippen molar-refractivity contribution in [1.29, 1.82) is 5.26 Å². The minimum Gasteiger partial charge on any atom is -0.387 e. The second kappa shape index (κ2) is 4.67. The molecule has 2 atom stereocenters. The average Bonchev–Trinajstić information content (AvgIpc) is 2.30. The van der Waals surface area contributed by atoms with Crippen LogP contribution in [0.1, 0.15) is 43.1 Å². The normalized spacial score (nSPS) is 16.2. The summed E-state index contributed by atoms with van der Waals surface area (Å²) in [6.45, 7) is 7.77. The molecule has 0 spiro atoms. The van der Waals surface area contributed by atoms with Gasteiger partial charge in [-0.05, 0) is 43.9 Å². The highest BCUT2D eigenvalue weighted by Crippen LogP contribution is 2.36. The van der Waals surface area contributed by atoms with E-state index in [0.29, 0.717) is 6.42 Å². The van der Waals surface area contributed by atoms with Gasteiger partial charge < -0.3 is 5.11 Å². The summed E-state index contributed by atoms with van der Waals surface area (Å²) in [5.41, 5.74) is 2.47. The summed E-state index contributed by atoms with van der Waals surface area (Å²) in [5, 5.41) is 19.4. The summed E-state index contributed by atoms with van der Waals surface area (Å²) in [6, 6.07) is 8.06. The fraction of sp³-hybridized carbons (Fsp3) is 0.500. The van der Waals surface area contributed by atoms with Gasteiger partial charge in [0.15, 0.2) is 0 Å². The van der Waals surface area contributed by atoms with Gasteiger partial charge in [0.1, 0.15) is 0 Å². The smallest absolute Gasteiger partial charge is 0.0973 e. The molecule has 1 aromatic rings. The van der Waals surface area contributed by atoms with Crippen LogP contribution < -0.4 is 0 Å². The van der Waals surface area contributed by atoms with Crippen LogP contribution >= 0.6 is 0 Å². The predicted molar refractivity (Wildman–Crippen MR) is 64.9 cm³/mol. The van der Waals surface area contributed by atoms with Crippen molar-refractivity contribution in [3.8, 4) is 6.07 Å². The first-order chi connectivity index (χ1) is 7.44.